The summed E-state index contributed by atoms with van der Waals surface area (Å²) in [6.07, 6.45) is 2.63. The van der Waals surface area contributed by atoms with E-state index in [4.69, 9.17) is 0 Å². The van der Waals surface area contributed by atoms with Crippen LogP contribution in [-0.2, 0) is 4.79 Å². The molecule has 1 rings (SSSR count). The first-order chi connectivity index (χ1) is 7.19. The molecule has 0 aromatic rings. The predicted octanol–water partition coefficient (Wildman–Crippen LogP) is 2.16. The van der Waals surface area contributed by atoms with Crippen LogP contribution in [-0.4, -0.2) is 35.0 Å². The van der Waals surface area contributed by atoms with Crippen LogP contribution in [0.4, 0.5) is 0 Å². The number of nitrogens with zero attached hydrogens (tertiary/aromatic N) is 1. The minimum absolute atomic E-state index is 0.146. The van der Waals surface area contributed by atoms with Gasteiger partial charge in [-0.25, -0.2) is 0 Å². The summed E-state index contributed by atoms with van der Waals surface area (Å²) in [5, 5.41) is 3.13. The molecule has 3 nitrogen and oxygen atoms in total. The molecule has 0 unspecified atom stereocenters. The number of amides is 1. The van der Waals surface area contributed by atoms with Crippen molar-refractivity contribution in [2.75, 3.05) is 7.05 Å². The summed E-state index contributed by atoms with van der Waals surface area (Å²) in [7, 11) is 2.18. The first-order valence-corrected chi connectivity index (χ1v) is 6.22. The molecule has 0 spiro atoms. The number of carbonyl (C=O) groups excluding carboxylic acids is 1. The van der Waals surface area contributed by atoms with Crippen LogP contribution in [0.5, 0.6) is 0 Å². The molecular formula is C13H26N2O. The summed E-state index contributed by atoms with van der Waals surface area (Å²) in [4.78, 5) is 13.9. The van der Waals surface area contributed by atoms with Gasteiger partial charge < -0.3 is 5.32 Å². The highest BCUT2D eigenvalue weighted by molar-refractivity contribution is 5.75. The summed E-state index contributed by atoms with van der Waals surface area (Å²) in [6, 6.07) is 0.314. The third kappa shape index (κ3) is 2.76. The largest absolute Gasteiger partial charge is 0.353 e. The Hall–Kier alpha value is -0.570. The quantitative estimate of drug-likeness (QED) is 0.782. The van der Waals surface area contributed by atoms with Crippen LogP contribution in [0.1, 0.15) is 53.9 Å². The molecule has 1 N–H and O–H groups in total. The fourth-order valence-electron chi connectivity index (χ4n) is 2.80. The maximum absolute atomic E-state index is 11.5. The van der Waals surface area contributed by atoms with Crippen molar-refractivity contribution >= 4 is 5.91 Å². The maximum atomic E-state index is 11.5. The van der Waals surface area contributed by atoms with Gasteiger partial charge in [0, 0.05) is 23.5 Å². The van der Waals surface area contributed by atoms with E-state index in [0.717, 1.165) is 12.8 Å². The molecule has 0 bridgehead atoms. The van der Waals surface area contributed by atoms with Gasteiger partial charge in [-0.2, -0.15) is 0 Å². The van der Waals surface area contributed by atoms with E-state index >= 15 is 0 Å². The number of hydrogen-bond acceptors (Lipinski definition) is 2. The topological polar surface area (TPSA) is 32.3 Å². The van der Waals surface area contributed by atoms with Crippen molar-refractivity contribution in [2.24, 2.45) is 0 Å². The summed E-state index contributed by atoms with van der Waals surface area (Å²) in [5.74, 6) is 0.168. The molecule has 1 amide bonds. The van der Waals surface area contributed by atoms with E-state index in [2.05, 4.69) is 45.0 Å². The molecule has 3 heteroatoms. The molecule has 1 saturated heterocycles. The third-order valence-electron chi connectivity index (χ3n) is 3.99. The zero-order valence-corrected chi connectivity index (χ0v) is 11.6. The SMILES string of the molecule is CCC(=O)NC1CC(C)(C)N(C)C(C)(C)C1. The molecule has 0 aromatic heterocycles. The van der Waals surface area contributed by atoms with Crippen LogP contribution in [0, 0.1) is 0 Å². The van der Waals surface area contributed by atoms with E-state index < -0.39 is 0 Å². The van der Waals surface area contributed by atoms with Crippen molar-refractivity contribution in [1.82, 2.24) is 10.2 Å². The summed E-state index contributed by atoms with van der Waals surface area (Å²) >= 11 is 0. The molecule has 16 heavy (non-hydrogen) atoms. The second kappa shape index (κ2) is 4.36. The Kier molecular flexibility index (Phi) is 3.68. The highest BCUT2D eigenvalue weighted by atomic mass is 16.1. The molecular weight excluding hydrogens is 200 g/mol. The normalized spacial score (nSPS) is 25.4. The van der Waals surface area contributed by atoms with Crippen molar-refractivity contribution in [2.45, 2.75) is 71.0 Å². The smallest absolute Gasteiger partial charge is 0.219 e. The molecule has 1 fully saturated rings. The van der Waals surface area contributed by atoms with Crippen LogP contribution >= 0.6 is 0 Å². The average Bonchev–Trinajstić information content (AvgIpc) is 2.13. The van der Waals surface area contributed by atoms with Gasteiger partial charge in [0.2, 0.25) is 5.91 Å². The van der Waals surface area contributed by atoms with Crippen LogP contribution in [0.25, 0.3) is 0 Å². The van der Waals surface area contributed by atoms with Gasteiger partial charge in [0.1, 0.15) is 0 Å². The Morgan fingerprint density at radius 3 is 2.06 bits per heavy atom. The highest BCUT2D eigenvalue weighted by Crippen LogP contribution is 2.36. The molecule has 94 valence electrons. The van der Waals surface area contributed by atoms with Crippen molar-refractivity contribution in [1.29, 1.82) is 0 Å². The van der Waals surface area contributed by atoms with Gasteiger partial charge in [-0.15, -0.1) is 0 Å². The fourth-order valence-corrected chi connectivity index (χ4v) is 2.80. The molecule has 1 aliphatic rings. The van der Waals surface area contributed by atoms with E-state index in [1.54, 1.807) is 0 Å². The van der Waals surface area contributed by atoms with Crippen molar-refractivity contribution in [3.8, 4) is 0 Å². The maximum Gasteiger partial charge on any atom is 0.219 e. The van der Waals surface area contributed by atoms with E-state index in [1.807, 2.05) is 6.92 Å². The van der Waals surface area contributed by atoms with E-state index in [1.165, 1.54) is 0 Å². The monoisotopic (exact) mass is 226 g/mol. The average molecular weight is 226 g/mol. The zero-order valence-electron chi connectivity index (χ0n) is 11.6. The minimum Gasteiger partial charge on any atom is -0.353 e. The summed E-state index contributed by atoms with van der Waals surface area (Å²) in [6.45, 7) is 10.9. The number of nitrogens with one attached hydrogen (secondary N) is 1. The number of rotatable bonds is 2. The molecule has 0 aliphatic carbocycles. The van der Waals surface area contributed by atoms with Gasteiger partial charge >= 0.3 is 0 Å². The molecule has 0 atom stereocenters. The van der Waals surface area contributed by atoms with Gasteiger partial charge in [0.15, 0.2) is 0 Å². The number of hydrogen-bond donors (Lipinski definition) is 1. The third-order valence-corrected chi connectivity index (χ3v) is 3.99. The predicted molar refractivity (Wildman–Crippen MR) is 67.4 cm³/mol. The molecule has 1 aliphatic heterocycles. The van der Waals surface area contributed by atoms with E-state index in [0.29, 0.717) is 12.5 Å². The van der Waals surface area contributed by atoms with E-state index in [-0.39, 0.29) is 17.0 Å². The van der Waals surface area contributed by atoms with Crippen LogP contribution in [0.3, 0.4) is 0 Å². The Morgan fingerprint density at radius 2 is 1.69 bits per heavy atom. The van der Waals surface area contributed by atoms with Gasteiger partial charge in [-0.1, -0.05) is 6.92 Å². The zero-order chi connectivity index (χ0) is 12.6. The van der Waals surface area contributed by atoms with Crippen LogP contribution in [0.2, 0.25) is 0 Å². The molecule has 0 radical (unpaired) electrons. The van der Waals surface area contributed by atoms with E-state index in [9.17, 15) is 4.79 Å². The lowest BCUT2D eigenvalue weighted by molar-refractivity contribution is -0.123. The summed E-state index contributed by atoms with van der Waals surface area (Å²) < 4.78 is 0. The second-order valence-electron chi connectivity index (χ2n) is 6.21. The van der Waals surface area contributed by atoms with Crippen molar-refractivity contribution in [3.05, 3.63) is 0 Å². The Bertz CT molecular complexity index is 253. The van der Waals surface area contributed by atoms with Crippen LogP contribution in [0.15, 0.2) is 0 Å². The number of likely N-dealkylation sites (tertiary alicyclic amines) is 1. The molecule has 0 aromatic carbocycles. The highest BCUT2D eigenvalue weighted by Gasteiger charge is 2.43. The molecule has 0 saturated carbocycles. The number of piperidine rings is 1. The van der Waals surface area contributed by atoms with Crippen LogP contribution < -0.4 is 5.32 Å². The van der Waals surface area contributed by atoms with Crippen molar-refractivity contribution in [3.63, 3.8) is 0 Å². The number of carbonyl (C=O) groups is 1. The first-order valence-electron chi connectivity index (χ1n) is 6.22. The van der Waals surface area contributed by atoms with Gasteiger partial charge in [0.25, 0.3) is 0 Å². The van der Waals surface area contributed by atoms with Crippen molar-refractivity contribution < 1.29 is 4.79 Å². The lowest BCUT2D eigenvalue weighted by Gasteiger charge is -2.53. The lowest BCUT2D eigenvalue weighted by Crippen LogP contribution is -2.62. The van der Waals surface area contributed by atoms with Gasteiger partial charge in [-0.05, 0) is 47.6 Å². The lowest BCUT2D eigenvalue weighted by atomic mass is 9.77. The molecule has 1 heterocycles. The van der Waals surface area contributed by atoms with Gasteiger partial charge in [-0.3, -0.25) is 9.69 Å². The standard InChI is InChI=1S/C13H26N2O/c1-7-11(16)14-10-8-12(2,3)15(6)13(4,5)9-10/h10H,7-9H2,1-6H3,(H,14,16). The first kappa shape index (κ1) is 13.5. The summed E-state index contributed by atoms with van der Waals surface area (Å²) in [5.41, 5.74) is 0.293. The Balaban J connectivity index is 2.75. The minimum atomic E-state index is 0.146. The second-order valence-corrected chi connectivity index (χ2v) is 6.21. The fraction of sp³-hybridized carbons (Fsp3) is 0.923. The Morgan fingerprint density at radius 1 is 1.25 bits per heavy atom. The van der Waals surface area contributed by atoms with Gasteiger partial charge in [0.05, 0.1) is 0 Å². The Labute approximate surface area is 99.6 Å².